The Morgan fingerprint density at radius 3 is 1.32 bits per heavy atom. The lowest BCUT2D eigenvalue weighted by molar-refractivity contribution is -0.161. The van der Waals surface area contributed by atoms with Gasteiger partial charge in [0.2, 0.25) is 0 Å². The van der Waals surface area contributed by atoms with Gasteiger partial charge in [-0.05, 0) is 83.5 Å². The zero-order valence-electron chi connectivity index (χ0n) is 38.8. The van der Waals surface area contributed by atoms with Crippen molar-refractivity contribution < 1.29 is 37.6 Å². The van der Waals surface area contributed by atoms with Gasteiger partial charge >= 0.3 is 19.8 Å². The molecule has 0 heterocycles. The maximum atomic E-state index is 12.6. The molecule has 0 aromatic rings. The van der Waals surface area contributed by atoms with Gasteiger partial charge in [0, 0.05) is 19.4 Å². The number of rotatable bonds is 43. The molecule has 0 aliphatic heterocycles. The van der Waals surface area contributed by atoms with Crippen molar-refractivity contribution in [3.05, 3.63) is 109 Å². The summed E-state index contributed by atoms with van der Waals surface area (Å²) in [5, 5.41) is 0. The lowest BCUT2D eigenvalue weighted by Gasteiger charge is -2.19. The Kier molecular flexibility index (Phi) is 44.6. The maximum Gasteiger partial charge on any atom is 0.472 e. The number of phosphoric ester groups is 1. The normalized spacial score (nSPS) is 14.2. The molecule has 0 amide bonds. The Hall–Kier alpha value is -3.33. The standard InChI is InChI=1S/C52H86NO8P/c1-3-5-7-9-11-12-13-14-15-16-17-18-19-20-21-22-23-24-25-26-27-28-29-30-31-32-33-34-35-36-37-38-39-41-43-45-52(55)61-50(49-60-62(56,57)59-47-46-53)48-58-51(54)44-42-40-10-8-6-4-2/h5,7,11-12,14-15,17-18,20-21,23-24,26-27,29-30,32-33,50H,3-4,6,8-10,13,16,19,22,25,28,31,34-49,53H2,1-2H3,(H,56,57)/b7-5-,12-11-,15-14-,18-17-,21-20-,24-23-,27-26-,30-29-,33-32-. The van der Waals surface area contributed by atoms with E-state index >= 15 is 0 Å². The van der Waals surface area contributed by atoms with Crippen molar-refractivity contribution in [3.63, 3.8) is 0 Å². The molecule has 0 fully saturated rings. The molecule has 9 nitrogen and oxygen atoms in total. The van der Waals surface area contributed by atoms with Crippen LogP contribution in [-0.2, 0) is 32.7 Å². The minimum absolute atomic E-state index is 0.0466. The van der Waals surface area contributed by atoms with Gasteiger partial charge < -0.3 is 20.1 Å². The minimum Gasteiger partial charge on any atom is -0.462 e. The molecule has 0 bridgehead atoms. The number of unbranched alkanes of at least 4 members (excludes halogenated alkanes) is 12. The lowest BCUT2D eigenvalue weighted by Crippen LogP contribution is -2.29. The predicted octanol–water partition coefficient (Wildman–Crippen LogP) is 14.3. The first kappa shape index (κ1) is 58.7. The monoisotopic (exact) mass is 884 g/mol. The molecular weight excluding hydrogens is 798 g/mol. The zero-order chi connectivity index (χ0) is 45.3. The molecule has 0 aromatic heterocycles. The first-order chi connectivity index (χ1) is 30.3. The number of ether oxygens (including phenoxy) is 2. The molecule has 0 aliphatic rings. The third-order valence-electron chi connectivity index (χ3n) is 9.42. The Labute approximate surface area is 378 Å². The van der Waals surface area contributed by atoms with E-state index in [1.807, 2.05) is 0 Å². The van der Waals surface area contributed by atoms with Crippen LogP contribution in [0.25, 0.3) is 0 Å². The van der Waals surface area contributed by atoms with Gasteiger partial charge in [-0.3, -0.25) is 18.6 Å². The van der Waals surface area contributed by atoms with E-state index in [1.54, 1.807) is 0 Å². The van der Waals surface area contributed by atoms with Crippen molar-refractivity contribution in [2.24, 2.45) is 5.73 Å². The fraction of sp³-hybridized carbons (Fsp3) is 0.615. The van der Waals surface area contributed by atoms with E-state index in [0.29, 0.717) is 6.42 Å². The van der Waals surface area contributed by atoms with Gasteiger partial charge in [0.25, 0.3) is 0 Å². The fourth-order valence-electron chi connectivity index (χ4n) is 5.92. The quantitative estimate of drug-likeness (QED) is 0.0266. The molecule has 10 heteroatoms. The number of carbonyl (C=O) groups excluding carboxylic acids is 2. The molecule has 3 N–H and O–H groups in total. The molecule has 0 radical (unpaired) electrons. The number of carbonyl (C=O) groups is 2. The highest BCUT2D eigenvalue weighted by Crippen LogP contribution is 2.43. The highest BCUT2D eigenvalue weighted by atomic mass is 31.2. The van der Waals surface area contributed by atoms with Crippen LogP contribution in [0.3, 0.4) is 0 Å². The summed E-state index contributed by atoms with van der Waals surface area (Å²) in [7, 11) is -4.38. The summed E-state index contributed by atoms with van der Waals surface area (Å²) in [6, 6.07) is 0. The van der Waals surface area contributed by atoms with Crippen LogP contribution in [-0.4, -0.2) is 49.3 Å². The molecule has 2 unspecified atom stereocenters. The number of esters is 2. The number of hydrogen-bond acceptors (Lipinski definition) is 8. The van der Waals surface area contributed by atoms with E-state index in [-0.39, 0.29) is 32.6 Å². The van der Waals surface area contributed by atoms with Crippen molar-refractivity contribution in [2.75, 3.05) is 26.4 Å². The van der Waals surface area contributed by atoms with E-state index in [0.717, 1.165) is 116 Å². The van der Waals surface area contributed by atoms with Gasteiger partial charge in [-0.25, -0.2) is 4.57 Å². The van der Waals surface area contributed by atoms with Gasteiger partial charge in [0.05, 0.1) is 13.2 Å². The van der Waals surface area contributed by atoms with E-state index in [4.69, 9.17) is 24.3 Å². The van der Waals surface area contributed by atoms with Crippen LogP contribution in [0.1, 0.15) is 174 Å². The topological polar surface area (TPSA) is 134 Å². The van der Waals surface area contributed by atoms with Crippen LogP contribution >= 0.6 is 7.82 Å². The maximum absolute atomic E-state index is 12.6. The fourth-order valence-corrected chi connectivity index (χ4v) is 6.68. The molecule has 0 aromatic carbocycles. The summed E-state index contributed by atoms with van der Waals surface area (Å²) in [5.74, 6) is -0.861. The minimum atomic E-state index is -4.38. The average molecular weight is 884 g/mol. The second-order valence-corrected chi connectivity index (χ2v) is 16.7. The van der Waals surface area contributed by atoms with Crippen molar-refractivity contribution in [1.82, 2.24) is 0 Å². The number of phosphoric acid groups is 1. The molecule has 0 spiro atoms. The van der Waals surface area contributed by atoms with Gasteiger partial charge in [-0.1, -0.05) is 187 Å². The molecule has 0 saturated heterocycles. The second kappa shape index (κ2) is 47.2. The molecular formula is C52H86NO8P. The highest BCUT2D eigenvalue weighted by Gasteiger charge is 2.26. The first-order valence-electron chi connectivity index (χ1n) is 23.9. The lowest BCUT2D eigenvalue weighted by atomic mass is 10.1. The van der Waals surface area contributed by atoms with E-state index in [1.165, 1.54) is 25.7 Å². The van der Waals surface area contributed by atoms with Crippen LogP contribution in [0.15, 0.2) is 109 Å². The zero-order valence-corrected chi connectivity index (χ0v) is 39.7. The Morgan fingerprint density at radius 1 is 0.500 bits per heavy atom. The highest BCUT2D eigenvalue weighted by molar-refractivity contribution is 7.47. The smallest absolute Gasteiger partial charge is 0.462 e. The predicted molar refractivity (Wildman–Crippen MR) is 261 cm³/mol. The SMILES string of the molecule is CC/C=C\C/C=C\C/C=C\C/C=C\C/C=C\C/C=C\C/C=C\C/C=C\C/C=C\CCCCCCCCCC(=O)OC(COC(=O)CCCCCCCC)COP(=O)(O)OCCN. The third kappa shape index (κ3) is 46.2. The van der Waals surface area contributed by atoms with Crippen molar-refractivity contribution >= 4 is 19.8 Å². The molecule has 2 atom stereocenters. The number of allylic oxidation sites excluding steroid dienone is 18. The first-order valence-corrected chi connectivity index (χ1v) is 25.4. The summed E-state index contributed by atoms with van der Waals surface area (Å²) in [5.41, 5.74) is 5.33. The molecule has 62 heavy (non-hydrogen) atoms. The van der Waals surface area contributed by atoms with Crippen molar-refractivity contribution in [3.8, 4) is 0 Å². The van der Waals surface area contributed by atoms with Crippen LogP contribution in [0.4, 0.5) is 0 Å². The molecule has 0 saturated carbocycles. The van der Waals surface area contributed by atoms with Gasteiger partial charge in [-0.2, -0.15) is 0 Å². The molecule has 0 aliphatic carbocycles. The van der Waals surface area contributed by atoms with E-state index in [2.05, 4.69) is 123 Å². The summed E-state index contributed by atoms with van der Waals surface area (Å²) >= 11 is 0. The van der Waals surface area contributed by atoms with Crippen molar-refractivity contribution in [2.45, 2.75) is 180 Å². The second-order valence-electron chi connectivity index (χ2n) is 15.2. The average Bonchev–Trinajstić information content (AvgIpc) is 3.26. The van der Waals surface area contributed by atoms with Crippen LogP contribution in [0.2, 0.25) is 0 Å². The summed E-state index contributed by atoms with van der Waals surface area (Å²) < 4.78 is 32.6. The molecule has 0 rings (SSSR count). The Bertz CT molecular complexity index is 1380. The Morgan fingerprint density at radius 2 is 0.887 bits per heavy atom. The number of hydrogen-bond donors (Lipinski definition) is 2. The largest absolute Gasteiger partial charge is 0.472 e. The summed E-state index contributed by atoms with van der Waals surface area (Å²) in [6.07, 6.45) is 63.2. The van der Waals surface area contributed by atoms with Gasteiger partial charge in [0.15, 0.2) is 6.10 Å². The summed E-state index contributed by atoms with van der Waals surface area (Å²) in [4.78, 5) is 34.6. The van der Waals surface area contributed by atoms with Crippen molar-refractivity contribution in [1.29, 1.82) is 0 Å². The van der Waals surface area contributed by atoms with Crippen LogP contribution < -0.4 is 5.73 Å². The van der Waals surface area contributed by atoms with Crippen LogP contribution in [0, 0.1) is 0 Å². The molecule has 352 valence electrons. The van der Waals surface area contributed by atoms with Crippen LogP contribution in [0.5, 0.6) is 0 Å². The Balaban J connectivity index is 3.96. The van der Waals surface area contributed by atoms with Gasteiger partial charge in [0.1, 0.15) is 6.61 Å². The third-order valence-corrected chi connectivity index (χ3v) is 10.4. The van der Waals surface area contributed by atoms with E-state index < -0.39 is 32.5 Å². The van der Waals surface area contributed by atoms with Gasteiger partial charge in [-0.15, -0.1) is 0 Å². The van der Waals surface area contributed by atoms with E-state index in [9.17, 15) is 19.0 Å². The number of nitrogens with two attached hydrogens (primary N) is 1. The summed E-state index contributed by atoms with van der Waals surface area (Å²) in [6.45, 7) is 3.50.